The summed E-state index contributed by atoms with van der Waals surface area (Å²) in [5.41, 5.74) is 0.521. The minimum absolute atomic E-state index is 0.0332. The molecule has 0 spiro atoms. The number of nitro groups is 1. The van der Waals surface area contributed by atoms with E-state index in [2.05, 4.69) is 0 Å². The van der Waals surface area contributed by atoms with Gasteiger partial charge in [-0.15, -0.1) is 0 Å². The van der Waals surface area contributed by atoms with Crippen LogP contribution in [-0.4, -0.2) is 29.0 Å². The quantitative estimate of drug-likeness (QED) is 0.495. The van der Waals surface area contributed by atoms with Gasteiger partial charge in [0.2, 0.25) is 0 Å². The van der Waals surface area contributed by atoms with E-state index >= 15 is 0 Å². The first kappa shape index (κ1) is 18.3. The molecule has 0 atom stereocenters. The fraction of sp³-hybridized carbons (Fsp3) is 0.0714. The van der Waals surface area contributed by atoms with Crippen molar-refractivity contribution in [3.63, 3.8) is 0 Å². The van der Waals surface area contributed by atoms with Crippen molar-refractivity contribution in [1.29, 1.82) is 0 Å². The Morgan fingerprint density at radius 1 is 1.04 bits per heavy atom. The van der Waals surface area contributed by atoms with Crippen LogP contribution in [0.1, 0.15) is 5.56 Å². The predicted octanol–water partition coefficient (Wildman–Crippen LogP) is 2.16. The van der Waals surface area contributed by atoms with Gasteiger partial charge in [0.25, 0.3) is 15.8 Å². The molecule has 0 radical (unpaired) electrons. The van der Waals surface area contributed by atoms with Crippen LogP contribution in [0.4, 0.5) is 5.69 Å². The first-order chi connectivity index (χ1) is 10.7. The van der Waals surface area contributed by atoms with Crippen LogP contribution in [0.5, 0.6) is 0 Å². The number of carboxylic acid groups (broad SMARTS) is 1. The van der Waals surface area contributed by atoms with Gasteiger partial charge in [0.05, 0.1) is 16.2 Å². The third kappa shape index (κ3) is 6.68. The number of benzene rings is 2. The van der Waals surface area contributed by atoms with E-state index in [1.54, 1.807) is 18.2 Å². The summed E-state index contributed by atoms with van der Waals surface area (Å²) in [4.78, 5) is 19.9. The molecule has 0 bridgehead atoms. The zero-order chi connectivity index (χ0) is 17.5. The van der Waals surface area contributed by atoms with Crippen molar-refractivity contribution in [1.82, 2.24) is 0 Å². The van der Waals surface area contributed by atoms with E-state index in [0.29, 0.717) is 5.56 Å². The molecule has 2 aromatic carbocycles. The van der Waals surface area contributed by atoms with Gasteiger partial charge >= 0.3 is 5.97 Å². The molecule has 0 aliphatic heterocycles. The topological polar surface area (TPSA) is 135 Å². The second-order valence-electron chi connectivity index (χ2n) is 4.28. The molecular formula is C14H13NO7S. The zero-order valence-corrected chi connectivity index (χ0v) is 12.5. The normalized spacial score (nSPS) is 10.3. The summed E-state index contributed by atoms with van der Waals surface area (Å²) in [6.07, 6.45) is -0.113. The minimum atomic E-state index is -4.00. The molecule has 23 heavy (non-hydrogen) atoms. The summed E-state index contributed by atoms with van der Waals surface area (Å²) in [5.74, 6) is -0.950. The van der Waals surface area contributed by atoms with Gasteiger partial charge in [-0.2, -0.15) is 8.42 Å². The Kier molecular flexibility index (Phi) is 6.36. The van der Waals surface area contributed by atoms with E-state index in [-0.39, 0.29) is 17.0 Å². The van der Waals surface area contributed by atoms with Gasteiger partial charge in [0, 0.05) is 12.1 Å². The van der Waals surface area contributed by atoms with E-state index in [9.17, 15) is 23.3 Å². The van der Waals surface area contributed by atoms with Crippen molar-refractivity contribution in [3.8, 4) is 0 Å². The number of nitro benzene ring substituents is 1. The maximum absolute atomic E-state index is 10.4. The molecule has 0 amide bonds. The predicted molar refractivity (Wildman–Crippen MR) is 80.7 cm³/mol. The number of non-ortho nitro benzene ring substituents is 1. The molecule has 0 fully saturated rings. The summed E-state index contributed by atoms with van der Waals surface area (Å²) in [7, 11) is -4.00. The monoisotopic (exact) mass is 339 g/mol. The molecule has 0 aliphatic carbocycles. The smallest absolute Gasteiger partial charge is 0.307 e. The maximum Gasteiger partial charge on any atom is 0.307 e. The van der Waals surface area contributed by atoms with Crippen molar-refractivity contribution >= 4 is 21.8 Å². The third-order valence-electron chi connectivity index (χ3n) is 2.54. The highest BCUT2D eigenvalue weighted by Gasteiger charge is 2.06. The zero-order valence-electron chi connectivity index (χ0n) is 11.7. The van der Waals surface area contributed by atoms with Gasteiger partial charge in [-0.3, -0.25) is 19.5 Å². The molecule has 122 valence electrons. The molecule has 8 nitrogen and oxygen atoms in total. The number of aliphatic carboxylic acids is 1. The average molecular weight is 339 g/mol. The summed E-state index contributed by atoms with van der Waals surface area (Å²) in [5, 5.41) is 18.6. The second-order valence-corrected chi connectivity index (χ2v) is 5.70. The molecule has 2 N–H and O–H groups in total. The largest absolute Gasteiger partial charge is 0.481 e. The molecule has 0 unspecified atom stereocenters. The molecule has 0 aliphatic rings. The Hall–Kier alpha value is -2.78. The number of rotatable bonds is 4. The number of carboxylic acids is 1. The van der Waals surface area contributed by atoms with Gasteiger partial charge < -0.3 is 5.11 Å². The van der Waals surface area contributed by atoms with E-state index < -0.39 is 21.0 Å². The van der Waals surface area contributed by atoms with E-state index in [1.165, 1.54) is 36.4 Å². The molecule has 2 aromatic rings. The number of nitrogens with zero attached hydrogens (tertiary/aromatic N) is 1. The first-order valence-corrected chi connectivity index (χ1v) is 7.62. The lowest BCUT2D eigenvalue weighted by Crippen LogP contribution is -1.99. The van der Waals surface area contributed by atoms with Crippen LogP contribution in [0.2, 0.25) is 0 Å². The molecule has 9 heteroatoms. The van der Waals surface area contributed by atoms with Crippen LogP contribution < -0.4 is 0 Å². The van der Waals surface area contributed by atoms with Gasteiger partial charge in [0.1, 0.15) is 0 Å². The van der Waals surface area contributed by atoms with E-state index in [4.69, 9.17) is 9.66 Å². The van der Waals surface area contributed by atoms with Crippen LogP contribution in [0.3, 0.4) is 0 Å². The molecule has 0 saturated heterocycles. The van der Waals surface area contributed by atoms with Crippen molar-refractivity contribution in [2.75, 3.05) is 0 Å². The van der Waals surface area contributed by atoms with E-state index in [0.717, 1.165) is 0 Å². The van der Waals surface area contributed by atoms with E-state index in [1.807, 2.05) is 0 Å². The summed E-state index contributed by atoms with van der Waals surface area (Å²) in [6, 6.07) is 12.9. The second kappa shape index (κ2) is 8.01. The molecule has 0 aromatic heterocycles. The average Bonchev–Trinajstić information content (AvgIpc) is 2.48. The third-order valence-corrected chi connectivity index (χ3v) is 3.41. The Morgan fingerprint density at radius 3 is 1.91 bits per heavy atom. The van der Waals surface area contributed by atoms with Crippen LogP contribution in [0.15, 0.2) is 59.5 Å². The Bertz CT molecular complexity index is 771. The lowest BCUT2D eigenvalue weighted by molar-refractivity contribution is -0.384. The van der Waals surface area contributed by atoms with Crippen molar-refractivity contribution in [2.45, 2.75) is 11.3 Å². The first-order valence-electron chi connectivity index (χ1n) is 6.18. The fourth-order valence-corrected chi connectivity index (χ4v) is 2.00. The Morgan fingerprint density at radius 2 is 1.57 bits per heavy atom. The van der Waals surface area contributed by atoms with Crippen molar-refractivity contribution in [2.24, 2.45) is 0 Å². The van der Waals surface area contributed by atoms with Crippen LogP contribution >= 0.6 is 0 Å². The number of hydrogen-bond donors (Lipinski definition) is 2. The minimum Gasteiger partial charge on any atom is -0.481 e. The summed E-state index contributed by atoms with van der Waals surface area (Å²) < 4.78 is 29.2. The lowest BCUT2D eigenvalue weighted by atomic mass is 10.1. The standard InChI is InChI=1S/C8H7NO4.C6H6O3S/c10-8(11)5-6-1-3-7(4-2-6)9(12)13;7-10(8,9)6-4-2-1-3-5-6/h1-4H,5H2,(H,10,11);1-5H,(H,7,8,9). The molecule has 2 rings (SSSR count). The Labute approximate surface area is 131 Å². The van der Waals surface area contributed by atoms with Gasteiger partial charge in [-0.25, -0.2) is 0 Å². The highest BCUT2D eigenvalue weighted by molar-refractivity contribution is 7.85. The highest BCUT2D eigenvalue weighted by atomic mass is 32.2. The maximum atomic E-state index is 10.4. The van der Waals surface area contributed by atoms with Crippen LogP contribution in [0.25, 0.3) is 0 Å². The van der Waals surface area contributed by atoms with Gasteiger partial charge in [0.15, 0.2) is 0 Å². The highest BCUT2D eigenvalue weighted by Crippen LogP contribution is 2.12. The van der Waals surface area contributed by atoms with Crippen molar-refractivity contribution in [3.05, 3.63) is 70.3 Å². The van der Waals surface area contributed by atoms with Gasteiger partial charge in [-0.05, 0) is 17.7 Å². The fourth-order valence-electron chi connectivity index (χ4n) is 1.50. The number of hydrogen-bond acceptors (Lipinski definition) is 5. The Balaban J connectivity index is 0.000000238. The van der Waals surface area contributed by atoms with Crippen molar-refractivity contribution < 1.29 is 27.8 Å². The van der Waals surface area contributed by atoms with Gasteiger partial charge in [-0.1, -0.05) is 30.3 Å². The number of carbonyl (C=O) groups is 1. The molecular weight excluding hydrogens is 326 g/mol. The molecule has 0 heterocycles. The summed E-state index contributed by atoms with van der Waals surface area (Å²) in [6.45, 7) is 0. The summed E-state index contributed by atoms with van der Waals surface area (Å²) >= 11 is 0. The van der Waals surface area contributed by atoms with Crippen LogP contribution in [0, 0.1) is 10.1 Å². The molecule has 0 saturated carbocycles. The van der Waals surface area contributed by atoms with Crippen LogP contribution in [-0.2, 0) is 21.3 Å². The lowest BCUT2D eigenvalue weighted by Gasteiger charge is -1.95. The SMILES string of the molecule is O=C(O)Cc1ccc([N+](=O)[O-])cc1.O=S(=O)(O)c1ccccc1.